The van der Waals surface area contributed by atoms with Crippen molar-refractivity contribution >= 4 is 29.0 Å². The molecule has 0 atom stereocenters. The fraction of sp³-hybridized carbons (Fsp3) is 0.0526. The van der Waals surface area contributed by atoms with Crippen LogP contribution in [0.1, 0.15) is 5.56 Å². The first-order valence-electron chi connectivity index (χ1n) is 7.36. The number of benzene rings is 2. The highest BCUT2D eigenvalue weighted by molar-refractivity contribution is 6.30. The van der Waals surface area contributed by atoms with Gasteiger partial charge in [0.25, 0.3) is 0 Å². The van der Waals surface area contributed by atoms with Gasteiger partial charge in [-0.1, -0.05) is 41.9 Å². The van der Waals surface area contributed by atoms with Crippen molar-refractivity contribution in [1.82, 2.24) is 0 Å². The van der Waals surface area contributed by atoms with Crippen LogP contribution in [0.25, 0.3) is 5.76 Å². The number of ether oxygens (including phenoxy) is 2. The summed E-state index contributed by atoms with van der Waals surface area (Å²) in [7, 11) is 1.22. The quantitative estimate of drug-likeness (QED) is 0.473. The number of carbonyl (C=O) groups excluding carboxylic acids is 1. The number of anilines is 1. The molecule has 0 fully saturated rings. The molecule has 5 nitrogen and oxygen atoms in total. The summed E-state index contributed by atoms with van der Waals surface area (Å²) in [6.07, 6.45) is 1.72. The molecule has 0 saturated heterocycles. The summed E-state index contributed by atoms with van der Waals surface area (Å²) >= 11 is 5.94. The van der Waals surface area contributed by atoms with Crippen LogP contribution in [-0.2, 0) is 14.3 Å². The van der Waals surface area contributed by atoms with Gasteiger partial charge in [0.05, 0.1) is 13.3 Å². The average molecular weight is 353 g/mol. The molecule has 6 heteroatoms. The number of carbonyl (C=O) groups is 1. The van der Waals surface area contributed by atoms with Gasteiger partial charge in [0.1, 0.15) is 6.07 Å². The van der Waals surface area contributed by atoms with Crippen molar-refractivity contribution < 1.29 is 14.3 Å². The van der Waals surface area contributed by atoms with E-state index in [9.17, 15) is 10.1 Å². The van der Waals surface area contributed by atoms with E-state index in [0.29, 0.717) is 16.5 Å². The Labute approximate surface area is 150 Å². The molecule has 2 aromatic rings. The Morgan fingerprint density at radius 2 is 1.84 bits per heavy atom. The van der Waals surface area contributed by atoms with Gasteiger partial charge in [-0.05, 0) is 24.3 Å². The number of halogens is 1. The van der Waals surface area contributed by atoms with Crippen molar-refractivity contribution in [2.45, 2.75) is 0 Å². The first-order chi connectivity index (χ1) is 12.1. The second-order valence-corrected chi connectivity index (χ2v) is 5.53. The minimum absolute atomic E-state index is 0.0931. The van der Waals surface area contributed by atoms with Gasteiger partial charge in [0.15, 0.2) is 11.3 Å². The molecule has 1 aliphatic rings. The Balaban J connectivity index is 2.12. The highest BCUT2D eigenvalue weighted by atomic mass is 35.5. The van der Waals surface area contributed by atoms with E-state index in [-0.39, 0.29) is 11.5 Å². The van der Waals surface area contributed by atoms with E-state index in [1.807, 2.05) is 36.4 Å². The SMILES string of the molecule is COC(=O)C(C#N)=C1OC(c2ccccc2)=CN1c1ccc(Cl)cc1. The maximum absolute atomic E-state index is 12.0. The summed E-state index contributed by atoms with van der Waals surface area (Å²) in [5, 5.41) is 9.97. The standard InChI is InChI=1S/C19H13ClN2O3/c1-24-19(23)16(11-21)18-22(15-9-7-14(20)8-10-15)12-17(25-18)13-5-3-2-4-6-13/h2-10,12H,1H3. The highest BCUT2D eigenvalue weighted by Gasteiger charge is 2.30. The van der Waals surface area contributed by atoms with E-state index in [4.69, 9.17) is 16.3 Å². The number of rotatable bonds is 3. The first kappa shape index (κ1) is 16.6. The molecule has 3 rings (SSSR count). The molecule has 0 N–H and O–H groups in total. The van der Waals surface area contributed by atoms with Crippen LogP contribution in [0.4, 0.5) is 5.69 Å². The Bertz CT molecular complexity index is 897. The summed E-state index contributed by atoms with van der Waals surface area (Å²) < 4.78 is 10.5. The smallest absolute Gasteiger partial charge is 0.354 e. The van der Waals surface area contributed by atoms with Crippen LogP contribution >= 0.6 is 11.6 Å². The zero-order chi connectivity index (χ0) is 17.8. The molecule has 0 unspecified atom stereocenters. The van der Waals surface area contributed by atoms with Gasteiger partial charge < -0.3 is 9.47 Å². The molecule has 0 bridgehead atoms. The van der Waals surface area contributed by atoms with Crippen LogP contribution in [0.15, 0.2) is 72.3 Å². The van der Waals surface area contributed by atoms with Crippen LogP contribution < -0.4 is 4.90 Å². The first-order valence-corrected chi connectivity index (χ1v) is 7.74. The van der Waals surface area contributed by atoms with Crippen molar-refractivity contribution in [3.63, 3.8) is 0 Å². The van der Waals surface area contributed by atoms with Crippen LogP contribution in [0.5, 0.6) is 0 Å². The van der Waals surface area contributed by atoms with E-state index in [1.54, 1.807) is 35.4 Å². The van der Waals surface area contributed by atoms with Gasteiger partial charge in [-0.3, -0.25) is 4.90 Å². The Kier molecular flexibility index (Phi) is 4.73. The summed E-state index contributed by atoms with van der Waals surface area (Å²) in [5.41, 5.74) is 1.29. The molecule has 1 aliphatic heterocycles. The molecule has 0 saturated carbocycles. The third-order valence-corrected chi connectivity index (χ3v) is 3.80. The third kappa shape index (κ3) is 3.35. The minimum Gasteiger partial charge on any atom is -0.465 e. The van der Waals surface area contributed by atoms with Crippen molar-refractivity contribution in [3.05, 3.63) is 82.8 Å². The van der Waals surface area contributed by atoms with E-state index in [0.717, 1.165) is 5.56 Å². The Morgan fingerprint density at radius 3 is 2.44 bits per heavy atom. The molecule has 25 heavy (non-hydrogen) atoms. The van der Waals surface area contributed by atoms with Crippen LogP contribution in [0.3, 0.4) is 0 Å². The van der Waals surface area contributed by atoms with Gasteiger partial charge in [-0.2, -0.15) is 5.26 Å². The van der Waals surface area contributed by atoms with E-state index in [2.05, 4.69) is 4.74 Å². The highest BCUT2D eigenvalue weighted by Crippen LogP contribution is 2.35. The van der Waals surface area contributed by atoms with Crippen molar-refractivity contribution in [3.8, 4) is 6.07 Å². The van der Waals surface area contributed by atoms with Gasteiger partial charge in [0, 0.05) is 16.3 Å². The zero-order valence-electron chi connectivity index (χ0n) is 13.3. The molecule has 1 heterocycles. The topological polar surface area (TPSA) is 62.6 Å². The Morgan fingerprint density at radius 1 is 1.16 bits per heavy atom. The maximum atomic E-state index is 12.0. The van der Waals surface area contributed by atoms with Gasteiger partial charge >= 0.3 is 5.97 Å². The van der Waals surface area contributed by atoms with E-state index in [1.165, 1.54) is 7.11 Å². The van der Waals surface area contributed by atoms with Gasteiger partial charge in [0.2, 0.25) is 5.88 Å². The summed E-state index contributed by atoms with van der Waals surface area (Å²) in [6.45, 7) is 0. The molecule has 0 spiro atoms. The number of hydrogen-bond acceptors (Lipinski definition) is 5. The Hall–Kier alpha value is -3.23. The van der Waals surface area contributed by atoms with Crippen LogP contribution in [0.2, 0.25) is 5.02 Å². The lowest BCUT2D eigenvalue weighted by atomic mass is 10.2. The number of nitriles is 1. The molecular formula is C19H13ClN2O3. The third-order valence-electron chi connectivity index (χ3n) is 3.55. The number of esters is 1. The summed E-state index contributed by atoms with van der Waals surface area (Å²) in [5.74, 6) is -0.156. The maximum Gasteiger partial charge on any atom is 0.354 e. The second-order valence-electron chi connectivity index (χ2n) is 5.09. The molecule has 2 aromatic carbocycles. The largest absolute Gasteiger partial charge is 0.465 e. The summed E-state index contributed by atoms with van der Waals surface area (Å²) in [4.78, 5) is 13.6. The fourth-order valence-corrected chi connectivity index (χ4v) is 2.47. The second kappa shape index (κ2) is 7.12. The van der Waals surface area contributed by atoms with Crippen LogP contribution in [-0.4, -0.2) is 13.1 Å². The molecule has 0 radical (unpaired) electrons. The molecule has 0 aromatic heterocycles. The fourth-order valence-electron chi connectivity index (χ4n) is 2.34. The van der Waals surface area contributed by atoms with Crippen molar-refractivity contribution in [2.24, 2.45) is 0 Å². The van der Waals surface area contributed by atoms with Crippen LogP contribution in [0, 0.1) is 11.3 Å². The van der Waals surface area contributed by atoms with Crippen molar-refractivity contribution in [1.29, 1.82) is 5.26 Å². The van der Waals surface area contributed by atoms with Gasteiger partial charge in [-0.15, -0.1) is 0 Å². The zero-order valence-corrected chi connectivity index (χ0v) is 14.0. The molecule has 124 valence electrons. The predicted molar refractivity (Wildman–Crippen MR) is 94.1 cm³/mol. The van der Waals surface area contributed by atoms with Crippen molar-refractivity contribution in [2.75, 3.05) is 12.0 Å². The van der Waals surface area contributed by atoms with E-state index < -0.39 is 5.97 Å². The van der Waals surface area contributed by atoms with Gasteiger partial charge in [-0.25, -0.2) is 4.79 Å². The number of methoxy groups -OCH3 is 1. The molecule has 0 aliphatic carbocycles. The lowest BCUT2D eigenvalue weighted by Gasteiger charge is -2.17. The normalized spacial score (nSPS) is 15.1. The predicted octanol–water partition coefficient (Wildman–Crippen LogP) is 4.08. The summed E-state index contributed by atoms with van der Waals surface area (Å²) in [6, 6.07) is 18.2. The number of hydrogen-bond donors (Lipinski definition) is 0. The number of nitrogens with zero attached hydrogens (tertiary/aromatic N) is 2. The monoisotopic (exact) mass is 352 g/mol. The molecule has 0 amide bonds. The lowest BCUT2D eigenvalue weighted by Crippen LogP contribution is -2.17. The minimum atomic E-state index is -0.765. The lowest BCUT2D eigenvalue weighted by molar-refractivity contribution is -0.135. The average Bonchev–Trinajstić information content (AvgIpc) is 3.08. The van der Waals surface area contributed by atoms with E-state index >= 15 is 0 Å². The molecular weight excluding hydrogens is 340 g/mol.